The van der Waals surface area contributed by atoms with Gasteiger partial charge in [-0.15, -0.1) is 0 Å². The minimum atomic E-state index is -0.739. The quantitative estimate of drug-likeness (QED) is 0.596. The third-order valence-electron chi connectivity index (χ3n) is 4.03. The van der Waals surface area contributed by atoms with E-state index in [1.54, 1.807) is 12.1 Å². The third kappa shape index (κ3) is 5.67. The first-order chi connectivity index (χ1) is 12.9. The van der Waals surface area contributed by atoms with Gasteiger partial charge in [0.05, 0.1) is 18.7 Å². The minimum absolute atomic E-state index is 0.125. The molecule has 142 valence electrons. The van der Waals surface area contributed by atoms with Crippen molar-refractivity contribution in [1.82, 2.24) is 5.32 Å². The van der Waals surface area contributed by atoms with Gasteiger partial charge in [-0.25, -0.2) is 9.59 Å². The van der Waals surface area contributed by atoms with Crippen LogP contribution in [0.4, 0.5) is 4.79 Å². The average Bonchev–Trinajstić information content (AvgIpc) is 2.70. The molecule has 0 spiro atoms. The van der Waals surface area contributed by atoms with Crippen LogP contribution in [0.3, 0.4) is 0 Å². The molecule has 0 bridgehead atoms. The maximum atomic E-state index is 12.8. The summed E-state index contributed by atoms with van der Waals surface area (Å²) in [6.45, 7) is 3.80. The summed E-state index contributed by atoms with van der Waals surface area (Å²) < 4.78 is 9.84. The molecule has 0 heterocycles. The van der Waals surface area contributed by atoms with Crippen LogP contribution in [0.1, 0.15) is 40.1 Å². The number of benzene rings is 2. The molecule has 1 N–H and O–H groups in total. The summed E-state index contributed by atoms with van der Waals surface area (Å²) in [5, 5.41) is 2.63. The van der Waals surface area contributed by atoms with Crippen molar-refractivity contribution >= 4 is 17.8 Å². The van der Waals surface area contributed by atoms with Gasteiger partial charge in [0.2, 0.25) is 0 Å². The Morgan fingerprint density at radius 3 is 2.07 bits per heavy atom. The number of alkyl carbamates (subject to hydrolysis) is 1. The fraction of sp³-hybridized carbons (Fsp3) is 0.286. The number of hydrogen-bond donors (Lipinski definition) is 1. The number of hydrogen-bond acceptors (Lipinski definition) is 5. The van der Waals surface area contributed by atoms with E-state index in [0.717, 1.165) is 5.56 Å². The Kier molecular flexibility index (Phi) is 7.11. The molecule has 2 rings (SSSR count). The molecule has 0 aliphatic heterocycles. The molecule has 1 unspecified atom stereocenters. The Balaban J connectivity index is 2.01. The summed E-state index contributed by atoms with van der Waals surface area (Å²) in [5.74, 6) is -0.864. The second kappa shape index (κ2) is 9.52. The molecule has 2 aromatic carbocycles. The highest BCUT2D eigenvalue weighted by molar-refractivity contribution is 6.02. The number of carbonyl (C=O) groups excluding carboxylic acids is 3. The normalized spacial score (nSPS) is 11.6. The van der Waals surface area contributed by atoms with Gasteiger partial charge in [-0.2, -0.15) is 0 Å². The Hall–Kier alpha value is -3.15. The number of amides is 1. The topological polar surface area (TPSA) is 81.7 Å². The molecule has 0 aromatic heterocycles. The zero-order valence-electron chi connectivity index (χ0n) is 15.6. The van der Waals surface area contributed by atoms with E-state index in [1.165, 1.54) is 19.2 Å². The van der Waals surface area contributed by atoms with E-state index in [-0.39, 0.29) is 18.3 Å². The van der Waals surface area contributed by atoms with Crippen LogP contribution in [-0.2, 0) is 16.1 Å². The molecule has 0 aliphatic carbocycles. The maximum Gasteiger partial charge on any atom is 0.408 e. The summed E-state index contributed by atoms with van der Waals surface area (Å²) >= 11 is 0. The second-order valence-corrected chi connectivity index (χ2v) is 6.36. The highest BCUT2D eigenvalue weighted by Crippen LogP contribution is 2.13. The minimum Gasteiger partial charge on any atom is -0.465 e. The molecule has 27 heavy (non-hydrogen) atoms. The van der Waals surface area contributed by atoms with Crippen LogP contribution in [-0.4, -0.2) is 31.0 Å². The van der Waals surface area contributed by atoms with Crippen LogP contribution < -0.4 is 5.32 Å². The van der Waals surface area contributed by atoms with E-state index in [4.69, 9.17) is 4.74 Å². The number of methoxy groups -OCH3 is 1. The predicted octanol–water partition coefficient (Wildman–Crippen LogP) is 3.61. The van der Waals surface area contributed by atoms with Gasteiger partial charge in [-0.3, -0.25) is 4.79 Å². The van der Waals surface area contributed by atoms with Crippen molar-refractivity contribution in [3.05, 3.63) is 71.3 Å². The van der Waals surface area contributed by atoms with Gasteiger partial charge in [-0.05, 0) is 23.6 Å². The van der Waals surface area contributed by atoms with Gasteiger partial charge in [-0.1, -0.05) is 56.3 Å². The average molecular weight is 369 g/mol. The Labute approximate surface area is 158 Å². The summed E-state index contributed by atoms with van der Waals surface area (Å²) in [6, 6.07) is 14.7. The smallest absolute Gasteiger partial charge is 0.408 e. The number of ketones is 1. The van der Waals surface area contributed by atoms with Gasteiger partial charge >= 0.3 is 12.1 Å². The lowest BCUT2D eigenvalue weighted by Gasteiger charge is -2.21. The van der Waals surface area contributed by atoms with Crippen LogP contribution in [0.2, 0.25) is 0 Å². The molecule has 6 nitrogen and oxygen atoms in total. The van der Waals surface area contributed by atoms with Crippen LogP contribution in [0.5, 0.6) is 0 Å². The predicted molar refractivity (Wildman–Crippen MR) is 101 cm³/mol. The van der Waals surface area contributed by atoms with E-state index >= 15 is 0 Å². The van der Waals surface area contributed by atoms with E-state index in [9.17, 15) is 14.4 Å². The Morgan fingerprint density at radius 1 is 0.926 bits per heavy atom. The highest BCUT2D eigenvalue weighted by atomic mass is 16.5. The van der Waals surface area contributed by atoms with Crippen molar-refractivity contribution in [1.29, 1.82) is 0 Å². The first-order valence-electron chi connectivity index (χ1n) is 8.62. The number of carbonyl (C=O) groups is 3. The Morgan fingerprint density at radius 2 is 1.52 bits per heavy atom. The zero-order valence-corrected chi connectivity index (χ0v) is 15.6. The standard InChI is InChI=1S/C21H23NO5/c1-14(2)18(22-21(25)27-13-15-7-5-4-6-8-15)19(23)16-9-11-17(12-10-16)20(24)26-3/h4-12,14,18H,13H2,1-3H3,(H,22,25). The van der Waals surface area contributed by atoms with E-state index in [2.05, 4.69) is 10.1 Å². The van der Waals surface area contributed by atoms with Crippen molar-refractivity contribution in [3.8, 4) is 0 Å². The van der Waals surface area contributed by atoms with Crippen molar-refractivity contribution in [2.75, 3.05) is 7.11 Å². The SMILES string of the molecule is COC(=O)c1ccc(C(=O)C(NC(=O)OCc2ccccc2)C(C)C)cc1. The largest absolute Gasteiger partial charge is 0.465 e. The van der Waals surface area contributed by atoms with Gasteiger partial charge in [0.15, 0.2) is 5.78 Å². The van der Waals surface area contributed by atoms with Gasteiger partial charge in [0.1, 0.15) is 6.61 Å². The maximum absolute atomic E-state index is 12.8. The Bertz CT molecular complexity index is 784. The first kappa shape index (κ1) is 20.2. The van der Waals surface area contributed by atoms with Crippen LogP contribution >= 0.6 is 0 Å². The summed E-state index contributed by atoms with van der Waals surface area (Å²) in [7, 11) is 1.29. The van der Waals surface area contributed by atoms with Crippen LogP contribution in [0, 0.1) is 5.92 Å². The number of ether oxygens (including phenoxy) is 2. The van der Waals surface area contributed by atoms with E-state index in [0.29, 0.717) is 11.1 Å². The fourth-order valence-corrected chi connectivity index (χ4v) is 2.49. The lowest BCUT2D eigenvalue weighted by atomic mass is 9.94. The highest BCUT2D eigenvalue weighted by Gasteiger charge is 2.26. The number of nitrogens with one attached hydrogen (secondary N) is 1. The van der Waals surface area contributed by atoms with Crippen LogP contribution in [0.25, 0.3) is 0 Å². The summed E-state index contributed by atoms with van der Waals surface area (Å²) in [4.78, 5) is 36.4. The lowest BCUT2D eigenvalue weighted by molar-refractivity contribution is 0.0600. The van der Waals surface area contributed by atoms with Gasteiger partial charge in [0.25, 0.3) is 0 Å². The number of Topliss-reactive ketones (excluding diaryl/α,β-unsaturated/α-hetero) is 1. The summed E-state index contributed by atoms with van der Waals surface area (Å²) in [6.07, 6.45) is -0.655. The molecule has 0 fully saturated rings. The van der Waals surface area contributed by atoms with Crippen LogP contribution in [0.15, 0.2) is 54.6 Å². The van der Waals surface area contributed by atoms with E-state index < -0.39 is 18.1 Å². The molecule has 1 amide bonds. The second-order valence-electron chi connectivity index (χ2n) is 6.36. The number of rotatable bonds is 7. The molecule has 6 heteroatoms. The van der Waals surface area contributed by atoms with Crippen molar-refractivity contribution in [2.45, 2.75) is 26.5 Å². The van der Waals surface area contributed by atoms with Crippen molar-refractivity contribution in [3.63, 3.8) is 0 Å². The third-order valence-corrected chi connectivity index (χ3v) is 4.03. The molecule has 0 saturated carbocycles. The molecular weight excluding hydrogens is 346 g/mol. The molecule has 2 aromatic rings. The first-order valence-corrected chi connectivity index (χ1v) is 8.62. The molecule has 1 atom stereocenters. The van der Waals surface area contributed by atoms with E-state index in [1.807, 2.05) is 44.2 Å². The zero-order chi connectivity index (χ0) is 19.8. The van der Waals surface area contributed by atoms with Gasteiger partial charge < -0.3 is 14.8 Å². The molecule has 0 saturated heterocycles. The van der Waals surface area contributed by atoms with Crippen molar-refractivity contribution in [2.24, 2.45) is 5.92 Å². The van der Waals surface area contributed by atoms with Crippen molar-refractivity contribution < 1.29 is 23.9 Å². The monoisotopic (exact) mass is 369 g/mol. The molecule has 0 aliphatic rings. The number of esters is 1. The summed E-state index contributed by atoms with van der Waals surface area (Å²) in [5.41, 5.74) is 1.61. The molecule has 0 radical (unpaired) electrons. The molecular formula is C21H23NO5. The fourth-order valence-electron chi connectivity index (χ4n) is 2.49. The van der Waals surface area contributed by atoms with Gasteiger partial charge in [0, 0.05) is 5.56 Å². The lowest BCUT2D eigenvalue weighted by Crippen LogP contribution is -2.44.